The summed E-state index contributed by atoms with van der Waals surface area (Å²) in [5, 5.41) is 18.9. The third-order valence-electron chi connectivity index (χ3n) is 3.60. The van der Waals surface area contributed by atoms with E-state index in [2.05, 4.69) is 0 Å². The average molecular weight is 374 g/mol. The van der Waals surface area contributed by atoms with E-state index in [0.29, 0.717) is 10.8 Å². The second kappa shape index (κ2) is 7.08. The fourth-order valence-corrected chi connectivity index (χ4v) is 3.90. The van der Waals surface area contributed by atoms with Crippen molar-refractivity contribution in [2.45, 2.75) is 17.4 Å². The molecule has 134 valence electrons. The first-order valence-electron chi connectivity index (χ1n) is 7.29. The first kappa shape index (κ1) is 18.7. The molecule has 0 heterocycles. The van der Waals surface area contributed by atoms with Crippen molar-refractivity contribution >= 4 is 38.4 Å². The molecule has 0 unspecified atom stereocenters. The number of carboxylic acid groups (broad SMARTS) is 2. The maximum Gasteiger partial charge on any atom is 0.322 e. The van der Waals surface area contributed by atoms with Crippen LogP contribution in [-0.2, 0) is 19.6 Å². The Hall–Kier alpha value is -2.65. The Kier molecular flexibility index (Phi) is 5.29. The van der Waals surface area contributed by atoms with Crippen molar-refractivity contribution in [3.8, 4) is 0 Å². The molecule has 1 atom stereocenters. The summed E-state index contributed by atoms with van der Waals surface area (Å²) in [4.78, 5) is 23.6. The molecule has 25 heavy (non-hydrogen) atoms. The molecule has 0 saturated carbocycles. The second-order valence-electron chi connectivity index (χ2n) is 5.63. The highest BCUT2D eigenvalue weighted by Gasteiger charge is 2.28. The van der Waals surface area contributed by atoms with Gasteiger partial charge in [0.1, 0.15) is 6.04 Å². The van der Waals surface area contributed by atoms with Gasteiger partial charge in [0.2, 0.25) is 10.0 Å². The molecule has 0 amide bonds. The zero-order chi connectivity index (χ0) is 18.8. The first-order chi connectivity index (χ1) is 11.6. The van der Waals surface area contributed by atoms with E-state index in [1.807, 2.05) is 29.8 Å². The van der Waals surface area contributed by atoms with Crippen molar-refractivity contribution in [3.63, 3.8) is 0 Å². The van der Waals surface area contributed by atoms with Gasteiger partial charge in [0.25, 0.3) is 0 Å². The minimum absolute atomic E-state index is 0.106. The van der Waals surface area contributed by atoms with Crippen LogP contribution in [0.5, 0.6) is 0 Å². The topological polar surface area (TPSA) is 124 Å². The number of anilines is 1. The molecule has 0 fully saturated rings. The van der Waals surface area contributed by atoms with Crippen LogP contribution in [0.3, 0.4) is 0 Å². The molecule has 2 aromatic rings. The van der Waals surface area contributed by atoms with Gasteiger partial charge in [0.15, 0.2) is 0 Å². The van der Waals surface area contributed by atoms with Gasteiger partial charge in [-0.25, -0.2) is 8.42 Å². The smallest absolute Gasteiger partial charge is 0.322 e. The highest BCUT2D eigenvalue weighted by atomic mass is 32.2. The number of sulfonamides is 1. The molecule has 0 aromatic heterocycles. The number of hydrogen-bond donors (Lipinski definition) is 3. The van der Waals surface area contributed by atoms with E-state index in [9.17, 15) is 18.0 Å². The zero-order valence-electron chi connectivity index (χ0n) is 13.6. The number of carboxylic acids is 2. The number of carbonyl (C=O) groups is 2. The summed E-state index contributed by atoms with van der Waals surface area (Å²) in [5.74, 6) is -2.97. The van der Waals surface area contributed by atoms with Gasteiger partial charge in [0.05, 0.1) is 11.3 Å². The van der Waals surface area contributed by atoms with Crippen LogP contribution in [0.2, 0.25) is 0 Å². The van der Waals surface area contributed by atoms with Crippen LogP contribution in [0.1, 0.15) is 6.42 Å². The predicted octanol–water partition coefficient (Wildman–Crippen LogP) is 1.11. The monoisotopic (exact) mass is 374 g/mol. The summed E-state index contributed by atoms with van der Waals surface area (Å²) in [5.41, 5.74) is 0.801. The Labute approximate surface area is 144 Å². The van der Waals surface area contributed by atoms with Crippen LogP contribution >= 0.6 is 0 Å². The van der Waals surface area contributed by atoms with Crippen LogP contribution in [-0.4, -0.2) is 50.7 Å². The van der Waals surface area contributed by atoms with Crippen LogP contribution < -0.4 is 9.62 Å². The van der Waals surface area contributed by atoms with Crippen LogP contribution in [0, 0.1) is 0 Å². The summed E-state index contributed by atoms with van der Waals surface area (Å²) in [6.07, 6.45) is -0.859. The summed E-state index contributed by atoms with van der Waals surface area (Å²) in [6, 6.07) is 8.05. The number of nitrogens with zero attached hydrogens (tertiary/aromatic N) is 1. The van der Waals surface area contributed by atoms with E-state index < -0.39 is 34.4 Å². The highest BCUT2D eigenvalue weighted by molar-refractivity contribution is 7.89. The van der Waals surface area contributed by atoms with Crippen molar-refractivity contribution in [2.75, 3.05) is 19.0 Å². The van der Waals surface area contributed by atoms with E-state index in [1.54, 1.807) is 24.3 Å². The van der Waals surface area contributed by atoms with E-state index in [-0.39, 0.29) is 4.90 Å². The first-order valence-corrected chi connectivity index (χ1v) is 8.78. The van der Waals surface area contributed by atoms with E-state index in [4.69, 9.17) is 10.2 Å². The van der Waals surface area contributed by atoms with Gasteiger partial charge in [-0.15, -0.1) is 0 Å². The third kappa shape index (κ3) is 4.06. The molecule has 0 bridgehead atoms. The number of hydrogen-bond acceptors (Lipinski definition) is 5. The van der Waals surface area contributed by atoms with E-state index >= 15 is 0 Å². The quantitative estimate of drug-likeness (QED) is 0.663. The normalized spacial score (nSPS) is 12.7. The van der Waals surface area contributed by atoms with Crippen molar-refractivity contribution in [3.05, 3.63) is 36.4 Å². The van der Waals surface area contributed by atoms with Gasteiger partial charge in [0, 0.05) is 30.6 Å². The number of nitrogens with one attached hydrogen (secondary N) is 1. The highest BCUT2D eigenvalue weighted by Crippen LogP contribution is 2.30. The molecule has 8 nitrogen and oxygen atoms in total. The zero-order valence-corrected chi connectivity index (χ0v) is 14.4. The fraction of sp³-hybridized carbons (Fsp3) is 0.250. The van der Waals surface area contributed by atoms with E-state index in [0.717, 1.165) is 5.69 Å². The number of rotatable bonds is 7. The molecule has 2 rings (SSSR count). The van der Waals surface area contributed by atoms with Gasteiger partial charge >= 0.3 is 11.9 Å². The maximum atomic E-state index is 12.6. The Morgan fingerprint density at radius 2 is 1.68 bits per heavy atom. The van der Waals surface area contributed by atoms with Crippen LogP contribution in [0.15, 0.2) is 41.3 Å². The van der Waals surface area contributed by atoms with E-state index in [1.165, 1.54) is 6.07 Å². The SMILES string of the molecule is CN(C)c1cccc2c(S(=O)(=O)N[14C@@H]([14CH2][14C](=O)O)[14C](=O)O)cccc12. The number of fused-ring (bicyclic) bond motifs is 1. The molecule has 9 heteroatoms. The molecular formula is C16H18N2O6S. The van der Waals surface area contributed by atoms with Gasteiger partial charge in [-0.3, -0.25) is 9.59 Å². The molecule has 0 aliphatic carbocycles. The largest absolute Gasteiger partial charge is 0.481 e. The lowest BCUT2D eigenvalue weighted by atomic mass is 10.1. The summed E-state index contributed by atoms with van der Waals surface area (Å²) in [6.45, 7) is 0. The molecule has 3 N–H and O–H groups in total. The average Bonchev–Trinajstić information content (AvgIpc) is 2.52. The van der Waals surface area contributed by atoms with Crippen molar-refractivity contribution < 1.29 is 28.2 Å². The minimum Gasteiger partial charge on any atom is -0.481 e. The molecule has 2 aromatic carbocycles. The molecular weight excluding hydrogens is 356 g/mol. The van der Waals surface area contributed by atoms with Crippen molar-refractivity contribution in [2.24, 2.45) is 0 Å². The lowest BCUT2D eigenvalue weighted by molar-refractivity contribution is -0.145. The fourth-order valence-electron chi connectivity index (χ4n) is 2.49. The summed E-state index contributed by atoms with van der Waals surface area (Å²) >= 11 is 0. The lowest BCUT2D eigenvalue weighted by Crippen LogP contribution is -2.42. The maximum absolute atomic E-state index is 12.6. The van der Waals surface area contributed by atoms with Gasteiger partial charge in [-0.1, -0.05) is 24.3 Å². The standard InChI is InChI=1S/C16H18N2O6S/c1-18(2)13-7-3-6-11-10(13)5-4-8-14(11)25(23,24)17-12(16(21)22)9-15(19)20/h3-8,12,17H,9H2,1-2H3,(H,19,20)(H,21,22)/t12-/m0/s1/i9+2,12+2,15+2,16+2. The minimum atomic E-state index is -4.23. The Morgan fingerprint density at radius 3 is 2.24 bits per heavy atom. The molecule has 0 aliphatic rings. The van der Waals surface area contributed by atoms with Crippen molar-refractivity contribution in [1.29, 1.82) is 0 Å². The third-order valence-corrected chi connectivity index (χ3v) is 5.13. The van der Waals surface area contributed by atoms with Gasteiger partial charge < -0.3 is 15.1 Å². The lowest BCUT2D eigenvalue weighted by Gasteiger charge is -2.18. The van der Waals surface area contributed by atoms with Gasteiger partial charge in [-0.2, -0.15) is 4.72 Å². The summed E-state index contributed by atoms with van der Waals surface area (Å²) in [7, 11) is -0.590. The molecule has 0 saturated heterocycles. The number of aliphatic carboxylic acids is 2. The molecule has 0 spiro atoms. The predicted molar refractivity (Wildman–Crippen MR) is 92.3 cm³/mol. The summed E-state index contributed by atoms with van der Waals surface area (Å²) < 4.78 is 27.2. The molecule has 0 aliphatic heterocycles. The Morgan fingerprint density at radius 1 is 1.08 bits per heavy atom. The number of benzene rings is 2. The van der Waals surface area contributed by atoms with Crippen molar-refractivity contribution in [1.82, 2.24) is 4.72 Å². The molecule has 0 radical (unpaired) electrons. The second-order valence-corrected chi connectivity index (χ2v) is 7.32. The Balaban J connectivity index is 2.54. The van der Waals surface area contributed by atoms with Crippen LogP contribution in [0.25, 0.3) is 10.8 Å². The van der Waals surface area contributed by atoms with Gasteiger partial charge in [-0.05, 0) is 12.1 Å². The Bertz CT molecular complexity index is 923. The van der Waals surface area contributed by atoms with Crippen LogP contribution in [0.4, 0.5) is 5.69 Å².